The molecule has 0 heterocycles. The van der Waals surface area contributed by atoms with E-state index in [1.165, 1.54) is 0 Å². The van der Waals surface area contributed by atoms with Crippen molar-refractivity contribution in [3.8, 4) is 0 Å². The molecular formula is C12H25NO3Si. The van der Waals surface area contributed by atoms with Crippen LogP contribution in [0.2, 0.25) is 19.6 Å². The number of nitrogens with one attached hydrogen (secondary N) is 1. The van der Waals surface area contributed by atoms with Gasteiger partial charge >= 0.3 is 5.97 Å². The van der Waals surface area contributed by atoms with Gasteiger partial charge in [-0.2, -0.15) is 0 Å². The molecule has 0 aliphatic rings. The fourth-order valence-corrected chi connectivity index (χ4v) is 2.10. The van der Waals surface area contributed by atoms with Gasteiger partial charge in [-0.15, -0.1) is 0 Å². The molecule has 0 bridgehead atoms. The van der Waals surface area contributed by atoms with E-state index >= 15 is 0 Å². The summed E-state index contributed by atoms with van der Waals surface area (Å²) in [5.41, 5.74) is 0. The zero-order valence-electron chi connectivity index (χ0n) is 11.5. The Hall–Kier alpha value is -0.843. The molecule has 0 aromatic rings. The summed E-state index contributed by atoms with van der Waals surface area (Å²) in [7, 11) is -1.83. The van der Waals surface area contributed by atoms with E-state index in [1.807, 2.05) is 19.6 Å². The van der Waals surface area contributed by atoms with Crippen molar-refractivity contribution in [1.29, 1.82) is 0 Å². The summed E-state index contributed by atoms with van der Waals surface area (Å²) in [6.07, 6.45) is 4.78. The predicted octanol–water partition coefficient (Wildman–Crippen LogP) is 2.45. The van der Waals surface area contributed by atoms with Crippen LogP contribution in [-0.4, -0.2) is 26.7 Å². The van der Waals surface area contributed by atoms with Gasteiger partial charge < -0.3 is 9.74 Å². The third-order valence-corrected chi connectivity index (χ3v) is 2.95. The molecule has 0 aliphatic heterocycles. The van der Waals surface area contributed by atoms with Crippen molar-refractivity contribution in [2.75, 3.05) is 6.54 Å². The Morgan fingerprint density at radius 3 is 2.29 bits per heavy atom. The average molecular weight is 259 g/mol. The first kappa shape index (κ1) is 16.2. The summed E-state index contributed by atoms with van der Waals surface area (Å²) >= 11 is 0. The van der Waals surface area contributed by atoms with Crippen LogP contribution < -0.4 is 5.32 Å². The van der Waals surface area contributed by atoms with Gasteiger partial charge in [-0.3, -0.25) is 9.59 Å². The average Bonchev–Trinajstić information content (AvgIpc) is 2.19. The number of hydrogen-bond donors (Lipinski definition) is 1. The number of amides is 1. The number of hydrogen-bond acceptors (Lipinski definition) is 3. The Morgan fingerprint density at radius 2 is 1.76 bits per heavy atom. The van der Waals surface area contributed by atoms with Gasteiger partial charge in [0.2, 0.25) is 14.2 Å². The lowest BCUT2D eigenvalue weighted by atomic mass is 10.1. The van der Waals surface area contributed by atoms with Crippen LogP contribution in [0, 0.1) is 0 Å². The largest absolute Gasteiger partial charge is 0.519 e. The maximum Gasteiger partial charge on any atom is 0.312 e. The van der Waals surface area contributed by atoms with Crippen LogP contribution in [0.1, 0.15) is 39.0 Å². The van der Waals surface area contributed by atoms with Gasteiger partial charge in [0, 0.05) is 6.42 Å². The SMILES string of the molecule is CCCCCCC(=O)NCC(=O)O[Si](C)(C)C. The molecule has 0 aromatic heterocycles. The van der Waals surface area contributed by atoms with E-state index in [0.717, 1.165) is 25.7 Å². The molecule has 100 valence electrons. The van der Waals surface area contributed by atoms with Gasteiger partial charge in [0.25, 0.3) is 0 Å². The summed E-state index contributed by atoms with van der Waals surface area (Å²) in [4.78, 5) is 22.7. The van der Waals surface area contributed by atoms with Crippen LogP contribution in [0.15, 0.2) is 0 Å². The second kappa shape index (κ2) is 8.28. The minimum absolute atomic E-state index is 0.00309. The second-order valence-corrected chi connectivity index (χ2v) is 9.60. The van der Waals surface area contributed by atoms with E-state index in [9.17, 15) is 9.59 Å². The Bertz CT molecular complexity index is 249. The van der Waals surface area contributed by atoms with Gasteiger partial charge in [0.05, 0.1) is 0 Å². The highest BCUT2D eigenvalue weighted by Gasteiger charge is 2.19. The summed E-state index contributed by atoms with van der Waals surface area (Å²) in [5, 5.41) is 2.59. The monoisotopic (exact) mass is 259 g/mol. The van der Waals surface area contributed by atoms with Crippen molar-refractivity contribution in [3.05, 3.63) is 0 Å². The smallest absolute Gasteiger partial charge is 0.312 e. The van der Waals surface area contributed by atoms with Crippen LogP contribution in [0.5, 0.6) is 0 Å². The van der Waals surface area contributed by atoms with Crippen molar-refractivity contribution in [1.82, 2.24) is 5.32 Å². The van der Waals surface area contributed by atoms with E-state index in [-0.39, 0.29) is 18.4 Å². The van der Waals surface area contributed by atoms with Crippen LogP contribution in [0.3, 0.4) is 0 Å². The minimum atomic E-state index is -1.83. The van der Waals surface area contributed by atoms with Gasteiger partial charge in [-0.25, -0.2) is 0 Å². The quantitative estimate of drug-likeness (QED) is 0.538. The number of carbonyl (C=O) groups excluding carboxylic acids is 2. The number of unbranched alkanes of at least 4 members (excludes halogenated alkanes) is 3. The van der Waals surface area contributed by atoms with E-state index in [1.54, 1.807) is 0 Å². The van der Waals surface area contributed by atoms with E-state index in [4.69, 9.17) is 4.43 Å². The maximum atomic E-state index is 11.4. The maximum absolute atomic E-state index is 11.4. The van der Waals surface area contributed by atoms with Gasteiger partial charge in [-0.05, 0) is 26.1 Å². The standard InChI is InChI=1S/C12H25NO3Si/c1-5-6-7-8-9-11(14)13-10-12(15)16-17(2,3)4/h5-10H2,1-4H3,(H,13,14). The van der Waals surface area contributed by atoms with Crippen LogP contribution in [0.4, 0.5) is 0 Å². The number of carbonyl (C=O) groups is 2. The Kier molecular flexibility index (Phi) is 7.87. The molecule has 0 aromatic carbocycles. The van der Waals surface area contributed by atoms with Gasteiger partial charge in [0.15, 0.2) is 0 Å². The fourth-order valence-electron chi connectivity index (χ4n) is 1.35. The normalized spacial score (nSPS) is 11.1. The molecule has 5 heteroatoms. The molecule has 0 atom stereocenters. The second-order valence-electron chi connectivity index (χ2n) is 5.17. The zero-order valence-corrected chi connectivity index (χ0v) is 12.5. The molecule has 0 aliphatic carbocycles. The minimum Gasteiger partial charge on any atom is -0.519 e. The summed E-state index contributed by atoms with van der Waals surface area (Å²) in [6, 6.07) is 0. The molecule has 0 spiro atoms. The Balaban J connectivity index is 3.59. The lowest BCUT2D eigenvalue weighted by Gasteiger charge is -2.17. The topological polar surface area (TPSA) is 55.4 Å². The highest BCUT2D eigenvalue weighted by Crippen LogP contribution is 2.03. The summed E-state index contributed by atoms with van der Waals surface area (Å²) in [6.45, 7) is 7.95. The molecule has 17 heavy (non-hydrogen) atoms. The first-order valence-electron chi connectivity index (χ1n) is 6.33. The fraction of sp³-hybridized carbons (Fsp3) is 0.833. The van der Waals surface area contributed by atoms with Crippen molar-refractivity contribution in [2.24, 2.45) is 0 Å². The Labute approximate surface area is 105 Å². The van der Waals surface area contributed by atoms with Crippen molar-refractivity contribution < 1.29 is 14.0 Å². The number of rotatable bonds is 8. The summed E-state index contributed by atoms with van der Waals surface area (Å²) in [5.74, 6) is -0.389. The van der Waals surface area contributed by atoms with E-state index in [2.05, 4.69) is 12.2 Å². The third kappa shape index (κ3) is 11.4. The van der Waals surface area contributed by atoms with Gasteiger partial charge in [-0.1, -0.05) is 26.2 Å². The van der Waals surface area contributed by atoms with Crippen molar-refractivity contribution in [2.45, 2.75) is 58.7 Å². The van der Waals surface area contributed by atoms with E-state index < -0.39 is 8.32 Å². The molecule has 1 N–H and O–H groups in total. The van der Waals surface area contributed by atoms with Crippen LogP contribution in [-0.2, 0) is 14.0 Å². The molecule has 4 nitrogen and oxygen atoms in total. The zero-order chi connectivity index (χ0) is 13.3. The van der Waals surface area contributed by atoms with Crippen LogP contribution in [0.25, 0.3) is 0 Å². The van der Waals surface area contributed by atoms with Crippen molar-refractivity contribution in [3.63, 3.8) is 0 Å². The first-order chi connectivity index (χ1) is 7.85. The van der Waals surface area contributed by atoms with Gasteiger partial charge in [0.1, 0.15) is 6.54 Å². The molecule has 1 amide bonds. The molecule has 0 rings (SSSR count). The van der Waals surface area contributed by atoms with Crippen molar-refractivity contribution >= 4 is 20.2 Å². The highest BCUT2D eigenvalue weighted by atomic mass is 28.4. The first-order valence-corrected chi connectivity index (χ1v) is 9.74. The van der Waals surface area contributed by atoms with E-state index in [0.29, 0.717) is 6.42 Å². The molecule has 0 radical (unpaired) electrons. The lowest BCUT2D eigenvalue weighted by molar-refractivity contribution is -0.136. The molecule has 0 fully saturated rings. The lowest BCUT2D eigenvalue weighted by Crippen LogP contribution is -2.36. The molecule has 0 saturated heterocycles. The Morgan fingerprint density at radius 1 is 1.12 bits per heavy atom. The predicted molar refractivity (Wildman–Crippen MR) is 71.2 cm³/mol. The molecular weight excluding hydrogens is 234 g/mol. The third-order valence-electron chi connectivity index (χ3n) is 2.11. The highest BCUT2D eigenvalue weighted by molar-refractivity contribution is 6.71. The summed E-state index contributed by atoms with van der Waals surface area (Å²) < 4.78 is 5.22. The van der Waals surface area contributed by atoms with Crippen LogP contribution >= 0.6 is 0 Å². The molecule has 0 unspecified atom stereocenters. The molecule has 0 saturated carbocycles.